The van der Waals surface area contributed by atoms with Gasteiger partial charge in [-0.25, -0.2) is 13.1 Å². The van der Waals surface area contributed by atoms with Gasteiger partial charge in [0.1, 0.15) is 6.33 Å². The molecule has 3 aromatic rings. The first-order valence-electron chi connectivity index (χ1n) is 6.59. The van der Waals surface area contributed by atoms with Crippen LogP contribution in [-0.4, -0.2) is 28.6 Å². The second-order valence-corrected chi connectivity index (χ2v) is 7.36. The largest absolute Gasteiger partial charge is 0.279 e. The van der Waals surface area contributed by atoms with Crippen LogP contribution in [0, 0.1) is 6.92 Å². The third kappa shape index (κ3) is 3.25. The number of nitrogens with one attached hydrogen (secondary N) is 1. The molecule has 0 unspecified atom stereocenters. The standard InChI is InChI=1S/C14H12BrN5O2S/c1-10-13(3-2-4-14(10)20-9-16-18-19-20)17-23(21,22)12-7-5-11(15)6-8-12/h2-9,17H,1H3. The van der Waals surface area contributed by atoms with Crippen molar-refractivity contribution in [3.05, 3.63) is 58.8 Å². The lowest BCUT2D eigenvalue weighted by Gasteiger charge is -2.13. The van der Waals surface area contributed by atoms with Crippen LogP contribution >= 0.6 is 15.9 Å². The number of tetrazole rings is 1. The highest BCUT2D eigenvalue weighted by molar-refractivity contribution is 9.10. The first kappa shape index (κ1) is 15.6. The van der Waals surface area contributed by atoms with Crippen LogP contribution in [0.25, 0.3) is 5.69 Å². The molecule has 9 heteroatoms. The summed E-state index contributed by atoms with van der Waals surface area (Å²) in [7, 11) is -3.67. The number of nitrogens with zero attached hydrogens (tertiary/aromatic N) is 4. The van der Waals surface area contributed by atoms with Crippen LogP contribution < -0.4 is 4.72 Å². The zero-order valence-corrected chi connectivity index (χ0v) is 14.4. The van der Waals surface area contributed by atoms with Crippen LogP contribution in [0.1, 0.15) is 5.56 Å². The van der Waals surface area contributed by atoms with Gasteiger partial charge in [-0.2, -0.15) is 0 Å². The van der Waals surface area contributed by atoms with E-state index in [4.69, 9.17) is 0 Å². The van der Waals surface area contributed by atoms with E-state index >= 15 is 0 Å². The molecule has 0 aliphatic heterocycles. The lowest BCUT2D eigenvalue weighted by atomic mass is 10.1. The number of sulfonamides is 1. The Bertz CT molecular complexity index is 924. The van der Waals surface area contributed by atoms with Crippen LogP contribution in [0.3, 0.4) is 0 Å². The molecule has 0 bridgehead atoms. The van der Waals surface area contributed by atoms with E-state index in [9.17, 15) is 8.42 Å². The van der Waals surface area contributed by atoms with E-state index in [-0.39, 0.29) is 4.90 Å². The summed E-state index contributed by atoms with van der Waals surface area (Å²) in [4.78, 5) is 0.188. The zero-order valence-electron chi connectivity index (χ0n) is 12.0. The minimum absolute atomic E-state index is 0.188. The number of benzene rings is 2. The molecular weight excluding hydrogens is 382 g/mol. The Hall–Kier alpha value is -2.26. The summed E-state index contributed by atoms with van der Waals surface area (Å²) in [6, 6.07) is 11.7. The van der Waals surface area contributed by atoms with E-state index in [1.54, 1.807) is 31.2 Å². The van der Waals surface area contributed by atoms with Gasteiger partial charge in [0, 0.05) is 4.47 Å². The molecule has 0 atom stereocenters. The Morgan fingerprint density at radius 3 is 2.52 bits per heavy atom. The fraction of sp³-hybridized carbons (Fsp3) is 0.0714. The number of halogens is 1. The molecule has 0 saturated carbocycles. The van der Waals surface area contributed by atoms with Gasteiger partial charge in [-0.1, -0.05) is 22.0 Å². The van der Waals surface area contributed by atoms with Crippen LogP contribution in [0.5, 0.6) is 0 Å². The smallest absolute Gasteiger partial charge is 0.261 e. The third-order valence-electron chi connectivity index (χ3n) is 3.27. The van der Waals surface area contributed by atoms with Gasteiger partial charge in [-0.05, 0) is 59.3 Å². The molecule has 2 aromatic carbocycles. The van der Waals surface area contributed by atoms with Crippen molar-refractivity contribution in [2.24, 2.45) is 0 Å². The normalized spacial score (nSPS) is 11.4. The first-order chi connectivity index (χ1) is 11.0. The van der Waals surface area contributed by atoms with Gasteiger partial charge in [-0.15, -0.1) is 5.10 Å². The maximum atomic E-state index is 12.5. The molecule has 7 nitrogen and oxygen atoms in total. The molecule has 0 saturated heterocycles. The number of aromatic nitrogens is 4. The van der Waals surface area contributed by atoms with Gasteiger partial charge in [0.15, 0.2) is 0 Å². The predicted molar refractivity (Wildman–Crippen MR) is 88.8 cm³/mol. The quantitative estimate of drug-likeness (QED) is 0.735. The number of anilines is 1. The Kier molecular flexibility index (Phi) is 4.14. The van der Waals surface area contributed by atoms with E-state index in [0.717, 1.165) is 10.0 Å². The van der Waals surface area contributed by atoms with Gasteiger partial charge in [0.25, 0.3) is 10.0 Å². The van der Waals surface area contributed by atoms with Crippen LogP contribution in [0.2, 0.25) is 0 Å². The number of rotatable bonds is 4. The minimum atomic E-state index is -3.67. The van der Waals surface area contributed by atoms with Gasteiger partial charge in [0.2, 0.25) is 0 Å². The van der Waals surface area contributed by atoms with Gasteiger partial charge >= 0.3 is 0 Å². The molecule has 1 heterocycles. The van der Waals surface area contributed by atoms with Crippen molar-refractivity contribution in [1.29, 1.82) is 0 Å². The molecule has 118 valence electrons. The average molecular weight is 394 g/mol. The Labute approximate surface area is 141 Å². The average Bonchev–Trinajstić information content (AvgIpc) is 3.04. The summed E-state index contributed by atoms with van der Waals surface area (Å²) in [6.45, 7) is 1.80. The monoisotopic (exact) mass is 393 g/mol. The van der Waals surface area contributed by atoms with Crippen molar-refractivity contribution in [3.63, 3.8) is 0 Å². The van der Waals surface area contributed by atoms with Crippen molar-refractivity contribution in [3.8, 4) is 5.69 Å². The molecule has 0 amide bonds. The highest BCUT2D eigenvalue weighted by atomic mass is 79.9. The van der Waals surface area contributed by atoms with E-state index in [2.05, 4.69) is 36.2 Å². The highest BCUT2D eigenvalue weighted by Gasteiger charge is 2.16. The third-order valence-corrected chi connectivity index (χ3v) is 5.18. The molecule has 23 heavy (non-hydrogen) atoms. The summed E-state index contributed by atoms with van der Waals surface area (Å²) >= 11 is 3.29. The van der Waals surface area contributed by atoms with E-state index in [0.29, 0.717) is 11.4 Å². The SMILES string of the molecule is Cc1c(NS(=O)(=O)c2ccc(Br)cc2)cccc1-n1cnnn1. The lowest BCUT2D eigenvalue weighted by molar-refractivity contribution is 0.601. The number of hydrogen-bond acceptors (Lipinski definition) is 5. The van der Waals surface area contributed by atoms with Crippen molar-refractivity contribution >= 4 is 31.6 Å². The van der Waals surface area contributed by atoms with Crippen molar-refractivity contribution in [1.82, 2.24) is 20.2 Å². The molecule has 1 N–H and O–H groups in total. The van der Waals surface area contributed by atoms with E-state index in [1.807, 2.05) is 6.07 Å². The fourth-order valence-corrected chi connectivity index (χ4v) is 3.46. The zero-order chi connectivity index (χ0) is 16.4. The lowest BCUT2D eigenvalue weighted by Crippen LogP contribution is -2.14. The van der Waals surface area contributed by atoms with Crippen molar-refractivity contribution in [2.45, 2.75) is 11.8 Å². The molecule has 0 aliphatic rings. The van der Waals surface area contributed by atoms with E-state index < -0.39 is 10.0 Å². The van der Waals surface area contributed by atoms with Crippen LogP contribution in [0.4, 0.5) is 5.69 Å². The predicted octanol–water partition coefficient (Wildman–Crippen LogP) is 2.53. The Balaban J connectivity index is 1.97. The first-order valence-corrected chi connectivity index (χ1v) is 8.86. The molecular formula is C14H12BrN5O2S. The molecule has 0 aliphatic carbocycles. The second-order valence-electron chi connectivity index (χ2n) is 4.76. The molecule has 3 rings (SSSR count). The minimum Gasteiger partial charge on any atom is -0.279 e. The molecule has 0 spiro atoms. The Morgan fingerprint density at radius 1 is 1.13 bits per heavy atom. The maximum Gasteiger partial charge on any atom is 0.261 e. The molecule has 0 fully saturated rings. The summed E-state index contributed by atoms with van der Waals surface area (Å²) in [5.74, 6) is 0. The van der Waals surface area contributed by atoms with Gasteiger partial charge < -0.3 is 0 Å². The molecule has 1 aromatic heterocycles. The van der Waals surface area contributed by atoms with E-state index in [1.165, 1.54) is 23.1 Å². The maximum absolute atomic E-state index is 12.5. The second kappa shape index (κ2) is 6.09. The topological polar surface area (TPSA) is 89.8 Å². The highest BCUT2D eigenvalue weighted by Crippen LogP contribution is 2.24. The van der Waals surface area contributed by atoms with Crippen molar-refractivity contribution < 1.29 is 8.42 Å². The van der Waals surface area contributed by atoms with Gasteiger partial charge in [0.05, 0.1) is 16.3 Å². The van der Waals surface area contributed by atoms with Gasteiger partial charge in [-0.3, -0.25) is 4.72 Å². The molecule has 0 radical (unpaired) electrons. The summed E-state index contributed by atoms with van der Waals surface area (Å²) in [6.07, 6.45) is 1.45. The fourth-order valence-electron chi connectivity index (χ4n) is 2.07. The number of hydrogen-bond donors (Lipinski definition) is 1. The summed E-state index contributed by atoms with van der Waals surface area (Å²) < 4.78 is 29.9. The Morgan fingerprint density at radius 2 is 1.87 bits per heavy atom. The van der Waals surface area contributed by atoms with Crippen LogP contribution in [-0.2, 0) is 10.0 Å². The summed E-state index contributed by atoms with van der Waals surface area (Å²) in [5.41, 5.74) is 1.90. The summed E-state index contributed by atoms with van der Waals surface area (Å²) in [5, 5.41) is 11.0. The van der Waals surface area contributed by atoms with Crippen molar-refractivity contribution in [2.75, 3.05) is 4.72 Å². The van der Waals surface area contributed by atoms with Crippen LogP contribution in [0.15, 0.2) is 58.2 Å².